The molecule has 20 heavy (non-hydrogen) atoms. The Morgan fingerprint density at radius 1 is 1.40 bits per heavy atom. The van der Waals surface area contributed by atoms with E-state index in [1.54, 1.807) is 0 Å². The zero-order chi connectivity index (χ0) is 14.9. The molecule has 1 aliphatic heterocycles. The van der Waals surface area contributed by atoms with E-state index in [2.05, 4.69) is 0 Å². The first-order valence-corrected chi connectivity index (χ1v) is 8.35. The van der Waals surface area contributed by atoms with Gasteiger partial charge in [-0.1, -0.05) is 11.6 Å². The van der Waals surface area contributed by atoms with Gasteiger partial charge < -0.3 is 5.73 Å². The van der Waals surface area contributed by atoms with E-state index in [1.807, 2.05) is 6.92 Å². The molecule has 1 aromatic carbocycles. The van der Waals surface area contributed by atoms with Gasteiger partial charge in [0.05, 0.1) is 5.02 Å². The molecule has 7 heteroatoms. The van der Waals surface area contributed by atoms with E-state index in [9.17, 15) is 12.8 Å². The maximum Gasteiger partial charge on any atom is 0.244 e. The molecule has 0 spiro atoms. The van der Waals surface area contributed by atoms with E-state index >= 15 is 0 Å². The lowest BCUT2D eigenvalue weighted by molar-refractivity contribution is 0.250. The number of sulfonamides is 1. The van der Waals surface area contributed by atoms with Crippen LogP contribution in [0.3, 0.4) is 0 Å². The van der Waals surface area contributed by atoms with E-state index in [0.717, 1.165) is 25.0 Å². The maximum absolute atomic E-state index is 13.0. The third-order valence-electron chi connectivity index (χ3n) is 3.75. The molecule has 0 aliphatic carbocycles. The number of hydrogen-bond donors (Lipinski definition) is 1. The summed E-state index contributed by atoms with van der Waals surface area (Å²) >= 11 is 5.85. The van der Waals surface area contributed by atoms with E-state index in [0.29, 0.717) is 19.0 Å². The quantitative estimate of drug-likeness (QED) is 0.929. The molecule has 0 radical (unpaired) electrons. The monoisotopic (exact) mass is 320 g/mol. The van der Waals surface area contributed by atoms with Crippen molar-refractivity contribution in [3.63, 3.8) is 0 Å². The second-order valence-corrected chi connectivity index (χ2v) is 7.49. The molecule has 1 fully saturated rings. The number of hydrogen-bond acceptors (Lipinski definition) is 3. The van der Waals surface area contributed by atoms with Crippen LogP contribution in [0.5, 0.6) is 0 Å². The molecule has 2 rings (SSSR count). The van der Waals surface area contributed by atoms with Gasteiger partial charge in [-0.25, -0.2) is 12.8 Å². The second kappa shape index (κ2) is 5.97. The summed E-state index contributed by atoms with van der Waals surface area (Å²) in [6, 6.07) is 3.40. The predicted octanol–water partition coefficient (Wildman–Crippen LogP) is 2.23. The SMILES string of the molecule is CC(N)C1CCN(S(=O)(=O)c2ccc(F)cc2Cl)CC1. The average Bonchev–Trinajstić information content (AvgIpc) is 2.38. The number of rotatable bonds is 3. The Kier molecular flexibility index (Phi) is 4.69. The van der Waals surface area contributed by atoms with Crippen molar-refractivity contribution in [2.45, 2.75) is 30.7 Å². The van der Waals surface area contributed by atoms with Crippen LogP contribution in [0.15, 0.2) is 23.1 Å². The highest BCUT2D eigenvalue weighted by Crippen LogP contribution is 2.29. The number of nitrogens with zero attached hydrogens (tertiary/aromatic N) is 1. The van der Waals surface area contributed by atoms with Gasteiger partial charge in [0.15, 0.2) is 0 Å². The fourth-order valence-electron chi connectivity index (χ4n) is 2.47. The van der Waals surface area contributed by atoms with Crippen LogP contribution in [0.2, 0.25) is 5.02 Å². The molecule has 0 bridgehead atoms. The van der Waals surface area contributed by atoms with Gasteiger partial charge >= 0.3 is 0 Å². The molecule has 1 aromatic rings. The van der Waals surface area contributed by atoms with Crippen LogP contribution in [-0.4, -0.2) is 31.9 Å². The van der Waals surface area contributed by atoms with Gasteiger partial charge in [0.25, 0.3) is 0 Å². The van der Waals surface area contributed by atoms with E-state index in [1.165, 1.54) is 10.4 Å². The van der Waals surface area contributed by atoms with Gasteiger partial charge in [0.1, 0.15) is 10.7 Å². The Morgan fingerprint density at radius 2 is 2.00 bits per heavy atom. The van der Waals surface area contributed by atoms with Gasteiger partial charge in [-0.15, -0.1) is 0 Å². The number of halogens is 2. The van der Waals surface area contributed by atoms with Crippen LogP contribution in [0.4, 0.5) is 4.39 Å². The Morgan fingerprint density at radius 3 is 2.50 bits per heavy atom. The smallest absolute Gasteiger partial charge is 0.244 e. The lowest BCUT2D eigenvalue weighted by atomic mass is 9.92. The Hall–Kier alpha value is -0.690. The van der Waals surface area contributed by atoms with E-state index in [4.69, 9.17) is 17.3 Å². The van der Waals surface area contributed by atoms with E-state index in [-0.39, 0.29) is 16.0 Å². The first-order valence-electron chi connectivity index (χ1n) is 6.53. The molecule has 4 nitrogen and oxygen atoms in total. The molecular weight excluding hydrogens is 303 g/mol. The summed E-state index contributed by atoms with van der Waals surface area (Å²) in [5.41, 5.74) is 5.84. The number of benzene rings is 1. The molecule has 2 N–H and O–H groups in total. The molecule has 1 heterocycles. The normalized spacial score (nSPS) is 20.0. The average molecular weight is 321 g/mol. The van der Waals surface area contributed by atoms with Crippen molar-refractivity contribution in [3.05, 3.63) is 29.0 Å². The summed E-state index contributed by atoms with van der Waals surface area (Å²) in [7, 11) is -3.66. The highest BCUT2D eigenvalue weighted by atomic mass is 35.5. The van der Waals surface area contributed by atoms with Gasteiger partial charge in [0, 0.05) is 19.1 Å². The second-order valence-electron chi connectivity index (χ2n) is 5.18. The van der Waals surface area contributed by atoms with Crippen LogP contribution in [0.1, 0.15) is 19.8 Å². The van der Waals surface area contributed by atoms with Crippen molar-refractivity contribution < 1.29 is 12.8 Å². The summed E-state index contributed by atoms with van der Waals surface area (Å²) in [6.07, 6.45) is 1.46. The molecule has 1 saturated heterocycles. The first-order chi connectivity index (χ1) is 9.32. The Bertz CT molecular complexity index is 584. The van der Waals surface area contributed by atoms with Crippen LogP contribution >= 0.6 is 11.6 Å². The van der Waals surface area contributed by atoms with Crippen molar-refractivity contribution >= 4 is 21.6 Å². The summed E-state index contributed by atoms with van der Waals surface area (Å²) in [5, 5.41) is -0.0840. The third-order valence-corrected chi connectivity index (χ3v) is 6.14. The van der Waals surface area contributed by atoms with Crippen LogP contribution in [-0.2, 0) is 10.0 Å². The van der Waals surface area contributed by atoms with Gasteiger partial charge in [-0.3, -0.25) is 0 Å². The maximum atomic E-state index is 13.0. The van der Waals surface area contributed by atoms with Crippen molar-refractivity contribution in [3.8, 4) is 0 Å². The highest BCUT2D eigenvalue weighted by molar-refractivity contribution is 7.89. The molecule has 1 unspecified atom stereocenters. The van der Waals surface area contributed by atoms with Gasteiger partial charge in [-0.05, 0) is 43.9 Å². The van der Waals surface area contributed by atoms with Crippen LogP contribution in [0.25, 0.3) is 0 Å². The molecule has 0 aromatic heterocycles. The lowest BCUT2D eigenvalue weighted by Crippen LogP contribution is -2.42. The summed E-state index contributed by atoms with van der Waals surface area (Å²) in [6.45, 7) is 2.77. The van der Waals surface area contributed by atoms with Crippen LogP contribution < -0.4 is 5.73 Å². The third kappa shape index (κ3) is 3.14. The minimum absolute atomic E-state index is 0.0418. The van der Waals surface area contributed by atoms with Crippen molar-refractivity contribution in [1.82, 2.24) is 4.31 Å². The fourth-order valence-corrected chi connectivity index (χ4v) is 4.44. The zero-order valence-corrected chi connectivity index (χ0v) is 12.8. The molecule has 112 valence electrons. The highest BCUT2D eigenvalue weighted by Gasteiger charge is 2.31. The first kappa shape index (κ1) is 15.7. The summed E-state index contributed by atoms with van der Waals surface area (Å²) < 4.78 is 39.4. The van der Waals surface area contributed by atoms with Crippen molar-refractivity contribution in [2.75, 3.05) is 13.1 Å². The molecule has 1 atom stereocenters. The topological polar surface area (TPSA) is 63.4 Å². The zero-order valence-electron chi connectivity index (χ0n) is 11.2. The molecule has 0 saturated carbocycles. The fraction of sp³-hybridized carbons (Fsp3) is 0.538. The van der Waals surface area contributed by atoms with Crippen molar-refractivity contribution in [2.24, 2.45) is 11.7 Å². The van der Waals surface area contributed by atoms with E-state index < -0.39 is 15.8 Å². The Labute approximate surface area is 123 Å². The van der Waals surface area contributed by atoms with Gasteiger partial charge in [-0.2, -0.15) is 4.31 Å². The number of piperidine rings is 1. The van der Waals surface area contributed by atoms with Crippen molar-refractivity contribution in [1.29, 1.82) is 0 Å². The summed E-state index contributed by atoms with van der Waals surface area (Å²) in [4.78, 5) is -0.0418. The Balaban J connectivity index is 2.20. The van der Waals surface area contributed by atoms with Gasteiger partial charge in [0.2, 0.25) is 10.0 Å². The largest absolute Gasteiger partial charge is 0.328 e. The predicted molar refractivity (Wildman–Crippen MR) is 76.5 cm³/mol. The van der Waals surface area contributed by atoms with Crippen LogP contribution in [0, 0.1) is 11.7 Å². The number of nitrogens with two attached hydrogens (primary N) is 1. The lowest BCUT2D eigenvalue weighted by Gasteiger charge is -2.33. The minimum atomic E-state index is -3.66. The molecular formula is C13H18ClFN2O2S. The summed E-state index contributed by atoms with van der Waals surface area (Å²) in [5.74, 6) is -0.213. The molecule has 1 aliphatic rings. The molecule has 0 amide bonds. The minimum Gasteiger partial charge on any atom is -0.328 e. The standard InChI is InChI=1S/C13H18ClFN2O2S/c1-9(16)10-4-6-17(7-5-10)20(18,19)13-3-2-11(15)8-12(13)14/h2-3,8-10H,4-7,16H2,1H3.